The molecule has 0 spiro atoms. The van der Waals surface area contributed by atoms with Gasteiger partial charge in [-0.25, -0.2) is 0 Å². The van der Waals surface area contributed by atoms with Crippen LogP contribution in [-0.4, -0.2) is 19.4 Å². The van der Waals surface area contributed by atoms with E-state index < -0.39 is 0 Å². The van der Waals surface area contributed by atoms with Gasteiger partial charge in [-0.2, -0.15) is 0 Å². The van der Waals surface area contributed by atoms with Crippen LogP contribution in [0.4, 0.5) is 0 Å². The van der Waals surface area contributed by atoms with Crippen LogP contribution >= 0.6 is 11.8 Å². The Morgan fingerprint density at radius 2 is 2.12 bits per heavy atom. The number of benzene rings is 1. The van der Waals surface area contributed by atoms with Gasteiger partial charge in [0.15, 0.2) is 0 Å². The van der Waals surface area contributed by atoms with Crippen molar-refractivity contribution in [3.8, 4) is 5.75 Å². The molecule has 3 nitrogen and oxygen atoms in total. The van der Waals surface area contributed by atoms with Gasteiger partial charge in [0, 0.05) is 16.0 Å². The minimum atomic E-state index is 0.128. The zero-order chi connectivity index (χ0) is 16.5. The lowest BCUT2D eigenvalue weighted by Gasteiger charge is -2.14. The number of rotatable bonds is 7. The smallest absolute Gasteiger partial charge is 0.132 e. The van der Waals surface area contributed by atoms with Crippen molar-refractivity contribution in [3.05, 3.63) is 53.5 Å². The van der Waals surface area contributed by atoms with E-state index in [4.69, 9.17) is 9.15 Å². The molecular formula is C20H23NO2S. The molecule has 4 rings (SSSR count). The van der Waals surface area contributed by atoms with Crippen LogP contribution in [0.5, 0.6) is 5.75 Å². The molecular weight excluding hydrogens is 318 g/mol. The molecule has 0 radical (unpaired) electrons. The summed E-state index contributed by atoms with van der Waals surface area (Å²) in [7, 11) is 1.96. The second-order valence-corrected chi connectivity index (χ2v) is 7.73. The van der Waals surface area contributed by atoms with Gasteiger partial charge in [-0.3, -0.25) is 0 Å². The summed E-state index contributed by atoms with van der Waals surface area (Å²) >= 11 is 1.86. The number of thioether (sulfide) groups is 1. The quantitative estimate of drug-likeness (QED) is 0.727. The minimum Gasteiger partial charge on any atom is -0.493 e. The molecule has 0 bridgehead atoms. The third kappa shape index (κ3) is 3.01. The standard InChI is InChI=1S/C20H23NO2S/c1-3-24-14-6-7-19(23-12-13-4-5-13)17(10-14)16-11-18(21-2)20-15(16)8-9-22-20/h6-11,13,18,21H,3-5,12H2,1-2H3. The molecule has 0 amide bonds. The van der Waals surface area contributed by atoms with E-state index in [-0.39, 0.29) is 6.04 Å². The predicted octanol–water partition coefficient (Wildman–Crippen LogP) is 4.89. The van der Waals surface area contributed by atoms with Crippen LogP contribution in [0.1, 0.15) is 42.7 Å². The summed E-state index contributed by atoms with van der Waals surface area (Å²) in [4.78, 5) is 1.28. The first-order valence-electron chi connectivity index (χ1n) is 8.67. The highest BCUT2D eigenvalue weighted by molar-refractivity contribution is 7.99. The number of fused-ring (bicyclic) bond motifs is 1. The normalized spacial score (nSPS) is 19.2. The Kier molecular flexibility index (Phi) is 4.42. The Labute approximate surface area is 147 Å². The van der Waals surface area contributed by atoms with E-state index in [2.05, 4.69) is 42.6 Å². The fourth-order valence-corrected chi connectivity index (χ4v) is 3.86. The molecule has 4 heteroatoms. The SMILES string of the molecule is CCSc1ccc(OCC2CC2)c(C2=CC(NC)c3occc32)c1. The van der Waals surface area contributed by atoms with Gasteiger partial charge < -0.3 is 14.5 Å². The first-order valence-corrected chi connectivity index (χ1v) is 9.65. The molecule has 1 unspecified atom stereocenters. The van der Waals surface area contributed by atoms with E-state index in [1.807, 2.05) is 18.8 Å². The van der Waals surface area contributed by atoms with Gasteiger partial charge in [0.25, 0.3) is 0 Å². The Bertz CT molecular complexity index is 761. The zero-order valence-electron chi connectivity index (χ0n) is 14.2. The molecule has 126 valence electrons. The molecule has 2 aliphatic rings. The summed E-state index contributed by atoms with van der Waals surface area (Å²) in [5.74, 6) is 3.79. The van der Waals surface area contributed by atoms with Crippen molar-refractivity contribution in [2.24, 2.45) is 5.92 Å². The minimum absolute atomic E-state index is 0.128. The number of nitrogens with one attached hydrogen (secondary N) is 1. The fraction of sp³-hybridized carbons (Fsp3) is 0.400. The molecule has 1 fully saturated rings. The van der Waals surface area contributed by atoms with Gasteiger partial charge in [-0.15, -0.1) is 11.8 Å². The van der Waals surface area contributed by atoms with Crippen molar-refractivity contribution in [3.63, 3.8) is 0 Å². The fourth-order valence-electron chi connectivity index (χ4n) is 3.16. The lowest BCUT2D eigenvalue weighted by atomic mass is 10.0. The average molecular weight is 341 g/mol. The second-order valence-electron chi connectivity index (χ2n) is 6.39. The lowest BCUT2D eigenvalue weighted by molar-refractivity contribution is 0.299. The summed E-state index contributed by atoms with van der Waals surface area (Å²) in [5, 5.41) is 3.31. The summed E-state index contributed by atoms with van der Waals surface area (Å²) in [6.07, 6.45) is 6.62. The highest BCUT2D eigenvalue weighted by atomic mass is 32.2. The topological polar surface area (TPSA) is 34.4 Å². The van der Waals surface area contributed by atoms with Gasteiger partial charge in [0.2, 0.25) is 0 Å². The molecule has 0 aliphatic heterocycles. The summed E-state index contributed by atoms with van der Waals surface area (Å²) in [5.41, 5.74) is 3.56. The average Bonchev–Trinajstić information content (AvgIpc) is 3.18. The Morgan fingerprint density at radius 1 is 1.25 bits per heavy atom. The van der Waals surface area contributed by atoms with Crippen molar-refractivity contribution in [2.45, 2.75) is 30.7 Å². The van der Waals surface area contributed by atoms with Crippen LogP contribution < -0.4 is 10.1 Å². The Balaban J connectivity index is 1.72. The summed E-state index contributed by atoms with van der Waals surface area (Å²) in [6, 6.07) is 8.74. The molecule has 1 atom stereocenters. The monoisotopic (exact) mass is 341 g/mol. The van der Waals surface area contributed by atoms with Crippen LogP contribution in [0.2, 0.25) is 0 Å². The molecule has 24 heavy (non-hydrogen) atoms. The van der Waals surface area contributed by atoms with Crippen LogP contribution in [0.3, 0.4) is 0 Å². The molecule has 1 aromatic heterocycles. The van der Waals surface area contributed by atoms with E-state index in [1.54, 1.807) is 6.26 Å². The Hall–Kier alpha value is -1.65. The lowest BCUT2D eigenvalue weighted by Crippen LogP contribution is -2.11. The van der Waals surface area contributed by atoms with E-state index >= 15 is 0 Å². The van der Waals surface area contributed by atoms with E-state index in [9.17, 15) is 0 Å². The van der Waals surface area contributed by atoms with Crippen molar-refractivity contribution in [1.82, 2.24) is 5.32 Å². The number of likely N-dealkylation sites (N-methyl/N-ethyl adjacent to an activating group) is 1. The van der Waals surface area contributed by atoms with Gasteiger partial charge in [-0.05, 0) is 61.4 Å². The van der Waals surface area contributed by atoms with E-state index in [1.165, 1.54) is 34.4 Å². The first kappa shape index (κ1) is 15.9. The highest BCUT2D eigenvalue weighted by Crippen LogP contribution is 2.43. The number of furan rings is 1. The van der Waals surface area contributed by atoms with Crippen molar-refractivity contribution >= 4 is 17.3 Å². The number of ether oxygens (including phenoxy) is 1. The van der Waals surface area contributed by atoms with Crippen LogP contribution in [0.25, 0.3) is 5.57 Å². The number of hydrogen-bond acceptors (Lipinski definition) is 4. The van der Waals surface area contributed by atoms with Crippen LogP contribution in [0.15, 0.2) is 45.9 Å². The Morgan fingerprint density at radius 3 is 2.88 bits per heavy atom. The van der Waals surface area contributed by atoms with Crippen molar-refractivity contribution in [2.75, 3.05) is 19.4 Å². The van der Waals surface area contributed by atoms with Crippen LogP contribution in [0, 0.1) is 5.92 Å². The maximum atomic E-state index is 6.17. The van der Waals surface area contributed by atoms with Crippen LogP contribution in [-0.2, 0) is 0 Å². The summed E-state index contributed by atoms with van der Waals surface area (Å²) in [6.45, 7) is 3.01. The molecule has 2 aliphatic carbocycles. The predicted molar refractivity (Wildman–Crippen MR) is 98.6 cm³/mol. The van der Waals surface area contributed by atoms with Gasteiger partial charge in [0.05, 0.1) is 18.9 Å². The molecule has 1 saturated carbocycles. The third-order valence-electron chi connectivity index (χ3n) is 4.64. The maximum Gasteiger partial charge on any atom is 0.132 e. The largest absolute Gasteiger partial charge is 0.493 e. The molecule has 2 aromatic rings. The van der Waals surface area contributed by atoms with Crippen molar-refractivity contribution in [1.29, 1.82) is 0 Å². The van der Waals surface area contributed by atoms with E-state index in [0.717, 1.165) is 29.8 Å². The third-order valence-corrected chi connectivity index (χ3v) is 5.51. The molecule has 1 heterocycles. The van der Waals surface area contributed by atoms with Crippen molar-refractivity contribution < 1.29 is 9.15 Å². The highest BCUT2D eigenvalue weighted by Gasteiger charge is 2.29. The van der Waals surface area contributed by atoms with E-state index in [0.29, 0.717) is 0 Å². The number of hydrogen-bond donors (Lipinski definition) is 1. The molecule has 0 saturated heterocycles. The first-order chi connectivity index (χ1) is 11.8. The second kappa shape index (κ2) is 6.69. The van der Waals surface area contributed by atoms with Gasteiger partial charge in [0.1, 0.15) is 11.5 Å². The maximum absolute atomic E-state index is 6.17. The summed E-state index contributed by atoms with van der Waals surface area (Å²) < 4.78 is 11.9. The van der Waals surface area contributed by atoms with Gasteiger partial charge >= 0.3 is 0 Å². The van der Waals surface area contributed by atoms with Gasteiger partial charge in [-0.1, -0.05) is 13.0 Å². The molecule has 1 N–H and O–H groups in total. The zero-order valence-corrected chi connectivity index (χ0v) is 15.0. The molecule has 1 aromatic carbocycles.